The molecule has 19 rings (SSSR count). The maximum Gasteiger partial charge on any atom is 0.306 e. The van der Waals surface area contributed by atoms with Gasteiger partial charge in [-0.2, -0.15) is 0 Å². The molecular formula is C76H90N2O4. The Kier molecular flexibility index (Phi) is 12.7. The number of nitrogens with one attached hydrogen (secondary N) is 2. The number of hydrogen-bond donors (Lipinski definition) is 5. The van der Waals surface area contributed by atoms with Gasteiger partial charge in [-0.25, -0.2) is 0 Å². The van der Waals surface area contributed by atoms with Crippen molar-refractivity contribution >= 4 is 35.3 Å². The first-order chi connectivity index (χ1) is 39.7. The Labute approximate surface area is 487 Å². The third kappa shape index (κ3) is 7.59. The molecule has 0 aromatic heterocycles. The quantitative estimate of drug-likeness (QED) is 0.167. The van der Waals surface area contributed by atoms with E-state index in [0.717, 1.165) is 83.1 Å². The van der Waals surface area contributed by atoms with Gasteiger partial charge in [0, 0.05) is 46.6 Å². The van der Waals surface area contributed by atoms with Crippen LogP contribution in [0.4, 0.5) is 0 Å². The van der Waals surface area contributed by atoms with Crippen LogP contribution in [-0.4, -0.2) is 46.6 Å². The standard InChI is InChI=1S/C76H90N2O4/c1-45(2)33-55-28-30-72(4)67(80)29-31-75-63-39-52-20-11-12-22-58(52)60-35-47-15-13-21-49(34-47)53-25-27-68(78-44-53)77-32-14-23-57(48-16-7-6-8-17-48)46(3)24-26-59(70(81)82)69-66(79)43-76-62-38-51-19-10-9-18-50(51)36-54(62)37-56(73(69,76)5)40-64(75)65(76)42-74(55,71(72)75)41-61(60)63/h9-13,15,18-22,25,27-28,34,36,38-39,41,45,48,54,56-57,59,62-63,66-67,69,71,77-80H,3,6-8,14,16-17,23-24,26,29-33,35,37,40,42-44H2,1-2,4-5H3,(H,81,82)/t54-,56-,57+,59+,62-,63-,66+,67-,69-,71+,72+,73+,74+,75-,76+/m0/s1. The number of carboxylic acid groups (broad SMARTS) is 1. The van der Waals surface area contributed by atoms with Gasteiger partial charge >= 0.3 is 5.97 Å². The second-order valence-corrected chi connectivity index (χ2v) is 29.6. The minimum atomic E-state index is -0.771. The molecule has 4 fully saturated rings. The van der Waals surface area contributed by atoms with Crippen molar-refractivity contribution in [3.63, 3.8) is 0 Å². The lowest BCUT2D eigenvalue weighted by molar-refractivity contribution is -0.178. The molecule has 5 N–H and O–H groups in total. The number of dihydropyridines is 1. The van der Waals surface area contributed by atoms with E-state index in [1.54, 1.807) is 16.7 Å². The average molecular weight is 1100 g/mol. The number of fused-ring (bicyclic) bond motifs is 3. The molecule has 82 heavy (non-hydrogen) atoms. The van der Waals surface area contributed by atoms with E-state index in [2.05, 4.69) is 154 Å². The highest BCUT2D eigenvalue weighted by molar-refractivity contribution is 5.78. The monoisotopic (exact) mass is 1090 g/mol. The molecular weight excluding hydrogens is 1000 g/mol. The van der Waals surface area contributed by atoms with E-state index < -0.39 is 46.3 Å². The minimum absolute atomic E-state index is 0.0889. The fraction of sp³-hybridized carbons (Fsp3) is 0.539. The van der Waals surface area contributed by atoms with Crippen LogP contribution in [0.3, 0.4) is 0 Å². The predicted molar refractivity (Wildman–Crippen MR) is 331 cm³/mol. The summed E-state index contributed by atoms with van der Waals surface area (Å²) in [5, 5.41) is 51.3. The van der Waals surface area contributed by atoms with Crippen LogP contribution in [0, 0.1) is 86.3 Å². The molecule has 6 heteroatoms. The van der Waals surface area contributed by atoms with Crippen LogP contribution in [0.15, 0.2) is 137 Å². The number of carboxylic acids is 1. The highest BCUT2D eigenvalue weighted by Crippen LogP contribution is 2.85. The van der Waals surface area contributed by atoms with E-state index in [9.17, 15) is 20.1 Å². The molecule has 0 unspecified atom stereocenters. The Morgan fingerprint density at radius 2 is 1.63 bits per heavy atom. The Morgan fingerprint density at radius 1 is 0.841 bits per heavy atom. The molecule has 2 spiro atoms. The summed E-state index contributed by atoms with van der Waals surface area (Å²) in [5.74, 6) is 1.37. The molecule has 0 radical (unpaired) electrons. The van der Waals surface area contributed by atoms with Gasteiger partial charge in [-0.05, 0) is 198 Å². The number of aliphatic hydroxyl groups is 2. The third-order valence-corrected chi connectivity index (χ3v) is 25.6. The molecule has 0 saturated heterocycles. The van der Waals surface area contributed by atoms with Crippen LogP contribution in [0.1, 0.15) is 148 Å². The van der Waals surface area contributed by atoms with E-state index in [-0.39, 0.29) is 40.4 Å². The van der Waals surface area contributed by atoms with Crippen molar-refractivity contribution in [1.82, 2.24) is 10.6 Å². The summed E-state index contributed by atoms with van der Waals surface area (Å²) in [7, 11) is 0. The Balaban J connectivity index is 0.985. The molecule has 15 atom stereocenters. The topological polar surface area (TPSA) is 102 Å². The smallest absolute Gasteiger partial charge is 0.306 e. The van der Waals surface area contributed by atoms with Gasteiger partial charge in [0.1, 0.15) is 0 Å². The Bertz CT molecular complexity index is 3610. The van der Waals surface area contributed by atoms with Gasteiger partial charge in [0.05, 0.1) is 23.9 Å². The van der Waals surface area contributed by atoms with Gasteiger partial charge in [-0.1, -0.05) is 185 Å². The van der Waals surface area contributed by atoms with Crippen molar-refractivity contribution in [3.05, 3.63) is 169 Å². The number of benzene rings is 3. The fourth-order valence-electron chi connectivity index (χ4n) is 22.6. The van der Waals surface area contributed by atoms with Crippen LogP contribution in [0.25, 0.3) is 29.4 Å². The average Bonchev–Trinajstić information content (AvgIpc) is 1.10. The van der Waals surface area contributed by atoms with E-state index in [1.165, 1.54) is 86.4 Å². The summed E-state index contributed by atoms with van der Waals surface area (Å²) >= 11 is 0. The molecule has 6 aliphatic heterocycles. The molecule has 16 aliphatic rings. The van der Waals surface area contributed by atoms with E-state index in [0.29, 0.717) is 37.0 Å². The normalized spacial score (nSPS) is 39.8. The van der Waals surface area contributed by atoms with Crippen molar-refractivity contribution in [1.29, 1.82) is 0 Å². The lowest BCUT2D eigenvalue weighted by Gasteiger charge is -2.76. The summed E-state index contributed by atoms with van der Waals surface area (Å²) in [5.41, 5.74) is 10.8. The lowest BCUT2D eigenvalue weighted by Crippen LogP contribution is -2.70. The zero-order valence-corrected chi connectivity index (χ0v) is 49.5. The third-order valence-electron chi connectivity index (χ3n) is 25.6. The van der Waals surface area contributed by atoms with Crippen molar-refractivity contribution in [2.75, 3.05) is 13.1 Å². The molecule has 428 valence electrons. The first-order valence-electron chi connectivity index (χ1n) is 32.7. The van der Waals surface area contributed by atoms with Gasteiger partial charge in [0.2, 0.25) is 0 Å². The number of carbonyl (C=O) groups is 1. The number of aliphatic hydroxyl groups excluding tert-OH is 2. The molecule has 15 bridgehead atoms. The van der Waals surface area contributed by atoms with Gasteiger partial charge < -0.3 is 26.0 Å². The van der Waals surface area contributed by atoms with Crippen molar-refractivity contribution in [2.24, 2.45) is 86.3 Å². The Morgan fingerprint density at radius 3 is 2.41 bits per heavy atom. The molecule has 3 aromatic rings. The van der Waals surface area contributed by atoms with Crippen LogP contribution in [0.5, 0.6) is 0 Å². The summed E-state index contributed by atoms with van der Waals surface area (Å²) in [6, 6.07) is 27.7. The first kappa shape index (κ1) is 53.3. The second-order valence-electron chi connectivity index (χ2n) is 29.6. The molecule has 6 nitrogen and oxygen atoms in total. The van der Waals surface area contributed by atoms with Crippen molar-refractivity contribution < 1.29 is 20.1 Å². The van der Waals surface area contributed by atoms with Crippen LogP contribution in [0.2, 0.25) is 0 Å². The van der Waals surface area contributed by atoms with E-state index in [1.807, 2.05) is 0 Å². The van der Waals surface area contributed by atoms with Crippen molar-refractivity contribution in [2.45, 2.75) is 155 Å². The summed E-state index contributed by atoms with van der Waals surface area (Å²) in [4.78, 5) is 14.6. The van der Waals surface area contributed by atoms with Gasteiger partial charge in [0.25, 0.3) is 0 Å². The maximum atomic E-state index is 14.6. The van der Waals surface area contributed by atoms with Gasteiger partial charge in [-0.15, -0.1) is 0 Å². The number of aliphatic carboxylic acids is 1. The summed E-state index contributed by atoms with van der Waals surface area (Å²) in [6.45, 7) is 16.4. The largest absolute Gasteiger partial charge is 0.481 e. The molecule has 3 aromatic carbocycles. The van der Waals surface area contributed by atoms with Crippen LogP contribution in [-0.2, 0) is 11.2 Å². The molecule has 4 saturated carbocycles. The van der Waals surface area contributed by atoms with Gasteiger partial charge in [0.15, 0.2) is 0 Å². The first-order valence-corrected chi connectivity index (χ1v) is 32.7. The highest BCUT2D eigenvalue weighted by atomic mass is 16.4. The zero-order chi connectivity index (χ0) is 56.1. The number of rotatable bonds is 4. The van der Waals surface area contributed by atoms with Crippen molar-refractivity contribution in [3.8, 4) is 0 Å². The zero-order valence-electron chi connectivity index (χ0n) is 49.5. The van der Waals surface area contributed by atoms with E-state index in [4.69, 9.17) is 6.58 Å². The number of allylic oxidation sites excluding steroid dienone is 9. The van der Waals surface area contributed by atoms with E-state index >= 15 is 0 Å². The number of hydrogen-bond acceptors (Lipinski definition) is 5. The summed E-state index contributed by atoms with van der Waals surface area (Å²) < 4.78 is 0. The summed E-state index contributed by atoms with van der Waals surface area (Å²) in [6.07, 6.45) is 34.0. The SMILES string of the molecule is C=C1CC[C@@H](C(=O)O)[C@H]2[C@H](O)C[C@]34C5=C(C[C@H](C[C@@H]6C=c7ccccc7=C[C@@H]63)[C@]24C)[C@]23CC[C@H](O)[C@@]4(C)CC=C(CC(C)C)[C@@](C=C6C(=c7ccccc7=C[C@@H]62)Cc2cccc(c2)C2=CC=C(NCCC[C@H]1C1CCCCC1)NC2)(C5)[C@@H]43. The Hall–Kier alpha value is -5.43. The van der Waals surface area contributed by atoms with Crippen LogP contribution < -0.4 is 31.5 Å². The molecule has 0 amide bonds. The highest BCUT2D eigenvalue weighted by Gasteiger charge is 2.79. The lowest BCUT2D eigenvalue weighted by atomic mass is 9.28. The fourth-order valence-corrected chi connectivity index (χ4v) is 22.6. The molecule has 10 aliphatic carbocycles. The minimum Gasteiger partial charge on any atom is -0.481 e. The predicted octanol–water partition coefficient (Wildman–Crippen LogP) is 12.0. The van der Waals surface area contributed by atoms with Crippen LogP contribution >= 0.6 is 0 Å². The molecule has 6 heterocycles. The maximum absolute atomic E-state index is 14.6. The van der Waals surface area contributed by atoms with Gasteiger partial charge in [-0.3, -0.25) is 4.79 Å². The second kappa shape index (κ2) is 19.6.